The minimum atomic E-state index is -3.60. The van der Waals surface area contributed by atoms with Crippen molar-refractivity contribution in [2.45, 2.75) is 19.4 Å². The van der Waals surface area contributed by atoms with Gasteiger partial charge in [-0.15, -0.1) is 11.3 Å². The van der Waals surface area contributed by atoms with Gasteiger partial charge >= 0.3 is 0 Å². The number of nitrogens with two attached hydrogens (primary N) is 1. The molecule has 3 heterocycles. The summed E-state index contributed by atoms with van der Waals surface area (Å²) in [4.78, 5) is 31.8. The molecule has 4 N–H and O–H groups in total. The van der Waals surface area contributed by atoms with Gasteiger partial charge in [0.15, 0.2) is 0 Å². The number of nitrogens with one attached hydrogen (secondary N) is 2. The first-order valence-electron chi connectivity index (χ1n) is 7.95. The molecule has 2 aromatic rings. The van der Waals surface area contributed by atoms with Gasteiger partial charge < -0.3 is 16.0 Å². The van der Waals surface area contributed by atoms with E-state index in [1.807, 2.05) is 0 Å². The predicted octanol–water partition coefficient (Wildman–Crippen LogP) is 0.802. The maximum Gasteiger partial charge on any atom is 0.266 e. The van der Waals surface area contributed by atoms with Crippen molar-refractivity contribution in [3.63, 3.8) is 0 Å². The van der Waals surface area contributed by atoms with Crippen LogP contribution in [0, 0.1) is 6.92 Å². The number of pyridine rings is 1. The lowest BCUT2D eigenvalue weighted by Gasteiger charge is -2.34. The van der Waals surface area contributed by atoms with E-state index in [1.54, 1.807) is 26.0 Å². The quantitative estimate of drug-likeness (QED) is 0.688. The Morgan fingerprint density at radius 1 is 1.44 bits per heavy atom. The predicted molar refractivity (Wildman–Crippen MR) is 105 cm³/mol. The van der Waals surface area contributed by atoms with Crippen molar-refractivity contribution in [1.82, 2.24) is 9.29 Å². The van der Waals surface area contributed by atoms with Gasteiger partial charge in [-0.25, -0.2) is 17.7 Å². The van der Waals surface area contributed by atoms with Gasteiger partial charge in [-0.05, 0) is 31.5 Å². The van der Waals surface area contributed by atoms with Crippen LogP contribution in [0.5, 0.6) is 0 Å². The van der Waals surface area contributed by atoms with Crippen LogP contribution in [0.25, 0.3) is 0 Å². The molecule has 0 radical (unpaired) electrons. The Morgan fingerprint density at radius 3 is 2.78 bits per heavy atom. The van der Waals surface area contributed by atoms with E-state index in [9.17, 15) is 18.0 Å². The maximum atomic E-state index is 12.5. The lowest BCUT2D eigenvalue weighted by Crippen LogP contribution is -2.50. The number of rotatable bonds is 3. The number of amides is 1. The largest absolute Gasteiger partial charge is 0.369 e. The Hall–Kier alpha value is -2.66. The van der Waals surface area contributed by atoms with Gasteiger partial charge in [0.25, 0.3) is 5.91 Å². The Morgan fingerprint density at radius 2 is 2.15 bits per heavy atom. The molecule has 27 heavy (non-hydrogen) atoms. The molecule has 0 aliphatic carbocycles. The molecule has 1 atom stereocenters. The molecule has 11 heteroatoms. The molecule has 0 bridgehead atoms. The zero-order valence-corrected chi connectivity index (χ0v) is 16.6. The molecule has 0 aromatic carbocycles. The number of guanidine groups is 1. The topological polar surface area (TPSA) is 138 Å². The normalized spacial score (nSPS) is 21.6. The van der Waals surface area contributed by atoms with Crippen molar-refractivity contribution in [2.24, 2.45) is 10.7 Å². The minimum Gasteiger partial charge on any atom is -0.369 e. The summed E-state index contributed by atoms with van der Waals surface area (Å²) in [5, 5.41) is 2.62. The van der Waals surface area contributed by atoms with Crippen LogP contribution in [0.3, 0.4) is 0 Å². The van der Waals surface area contributed by atoms with E-state index in [0.29, 0.717) is 9.75 Å². The molecule has 0 saturated carbocycles. The van der Waals surface area contributed by atoms with Gasteiger partial charge in [0.2, 0.25) is 21.5 Å². The number of anilines is 1. The number of H-pyrrole nitrogens is 1. The third-order valence-electron chi connectivity index (χ3n) is 4.21. The zero-order valence-electron chi connectivity index (χ0n) is 14.9. The van der Waals surface area contributed by atoms with Crippen molar-refractivity contribution in [3.05, 3.63) is 49.9 Å². The molecular weight excluding hydrogens is 390 g/mol. The molecule has 1 aliphatic heterocycles. The molecule has 0 fully saturated rings. The molecule has 0 saturated heterocycles. The lowest BCUT2D eigenvalue weighted by molar-refractivity contribution is 0.103. The molecule has 1 amide bonds. The first-order valence-corrected chi connectivity index (χ1v) is 10.4. The van der Waals surface area contributed by atoms with Gasteiger partial charge in [0.1, 0.15) is 11.4 Å². The molecule has 2 aromatic heterocycles. The van der Waals surface area contributed by atoms with Crippen LogP contribution >= 0.6 is 11.3 Å². The molecule has 0 unspecified atom stereocenters. The molecule has 0 spiro atoms. The van der Waals surface area contributed by atoms with Crippen LogP contribution in [0.15, 0.2) is 34.1 Å². The van der Waals surface area contributed by atoms with E-state index in [4.69, 9.17) is 5.73 Å². The number of aromatic nitrogens is 1. The van der Waals surface area contributed by atoms with Crippen molar-refractivity contribution in [3.8, 4) is 0 Å². The van der Waals surface area contributed by atoms with Crippen molar-refractivity contribution >= 4 is 39.0 Å². The Bertz CT molecular complexity index is 1100. The van der Waals surface area contributed by atoms with Crippen molar-refractivity contribution in [2.75, 3.05) is 18.1 Å². The van der Waals surface area contributed by atoms with Gasteiger partial charge in [-0.2, -0.15) is 0 Å². The van der Waals surface area contributed by atoms with E-state index in [0.717, 1.165) is 21.2 Å². The first kappa shape index (κ1) is 19.1. The third-order valence-corrected chi connectivity index (χ3v) is 7.65. The van der Waals surface area contributed by atoms with Gasteiger partial charge in [0, 0.05) is 18.0 Å². The van der Waals surface area contributed by atoms with E-state index in [1.165, 1.54) is 19.2 Å². The summed E-state index contributed by atoms with van der Waals surface area (Å²) in [6.45, 7) is 3.47. The van der Waals surface area contributed by atoms with Crippen molar-refractivity contribution < 1.29 is 13.2 Å². The second-order valence-electron chi connectivity index (χ2n) is 6.47. The summed E-state index contributed by atoms with van der Waals surface area (Å²) in [6, 6.07) is 6.10. The average molecular weight is 409 g/mol. The summed E-state index contributed by atoms with van der Waals surface area (Å²) in [5.74, 6) is -0.474. The fourth-order valence-electron chi connectivity index (χ4n) is 2.90. The van der Waals surface area contributed by atoms with Gasteiger partial charge in [-0.3, -0.25) is 9.59 Å². The maximum absolute atomic E-state index is 12.5. The average Bonchev–Trinajstić information content (AvgIpc) is 2.95. The van der Waals surface area contributed by atoms with E-state index >= 15 is 0 Å². The molecule has 3 rings (SSSR count). The lowest BCUT2D eigenvalue weighted by atomic mass is 10.0. The Kier molecular flexibility index (Phi) is 4.60. The zero-order chi connectivity index (χ0) is 20.0. The molecule has 144 valence electrons. The number of nitrogens with zero attached hydrogens (tertiary/aromatic N) is 2. The number of aromatic amines is 1. The van der Waals surface area contributed by atoms with E-state index in [2.05, 4.69) is 15.3 Å². The van der Waals surface area contributed by atoms with Crippen LogP contribution in [0.4, 0.5) is 5.82 Å². The highest BCUT2D eigenvalue weighted by molar-refractivity contribution is 7.89. The summed E-state index contributed by atoms with van der Waals surface area (Å²) in [6.07, 6.45) is 0. The Balaban J connectivity index is 1.95. The standard InChI is InChI=1S/C16H19N5O4S2/c1-9-7-10(14(23)19-11-5-4-6-12(22)18-11)26-13(9)16(2)8-27(24,25)21(3)15(17)20-16/h4-7H,8H2,1-3H3,(H2,17,20)(H2,18,19,22,23)/t16-/m0/s1. The highest BCUT2D eigenvalue weighted by Gasteiger charge is 2.42. The minimum absolute atomic E-state index is 0.0931. The molecule has 9 nitrogen and oxygen atoms in total. The monoisotopic (exact) mass is 409 g/mol. The highest BCUT2D eigenvalue weighted by Crippen LogP contribution is 2.38. The van der Waals surface area contributed by atoms with Crippen LogP contribution in [0.2, 0.25) is 0 Å². The van der Waals surface area contributed by atoms with Crippen LogP contribution < -0.4 is 16.6 Å². The Labute approximate surface area is 160 Å². The smallest absolute Gasteiger partial charge is 0.266 e. The first-order chi connectivity index (χ1) is 12.5. The second kappa shape index (κ2) is 6.50. The number of aryl methyl sites for hydroxylation is 1. The summed E-state index contributed by atoms with van der Waals surface area (Å²) in [7, 11) is -2.25. The van der Waals surface area contributed by atoms with Gasteiger partial charge in [-0.1, -0.05) is 6.07 Å². The van der Waals surface area contributed by atoms with Gasteiger partial charge in [0.05, 0.1) is 10.6 Å². The summed E-state index contributed by atoms with van der Waals surface area (Å²) in [5.41, 5.74) is 5.12. The number of carbonyl (C=O) groups is 1. The third kappa shape index (κ3) is 3.60. The SMILES string of the molecule is Cc1cc(C(=O)Nc2cccc(=O)[nH]2)sc1[C@]1(C)CS(=O)(=O)N(C)C(N)=N1. The van der Waals surface area contributed by atoms with Crippen LogP contribution in [0.1, 0.15) is 27.0 Å². The number of aliphatic imine (C=N–C) groups is 1. The number of thiophene rings is 1. The summed E-state index contributed by atoms with van der Waals surface area (Å²) >= 11 is 1.15. The second-order valence-corrected chi connectivity index (χ2v) is 9.53. The number of hydrogen-bond donors (Lipinski definition) is 3. The van der Waals surface area contributed by atoms with E-state index < -0.39 is 21.5 Å². The van der Waals surface area contributed by atoms with Crippen molar-refractivity contribution in [1.29, 1.82) is 0 Å². The summed E-state index contributed by atoms with van der Waals surface area (Å²) < 4.78 is 25.7. The fourth-order valence-corrected chi connectivity index (χ4v) is 5.59. The van der Waals surface area contributed by atoms with Crippen LogP contribution in [-0.2, 0) is 15.6 Å². The van der Waals surface area contributed by atoms with E-state index in [-0.39, 0.29) is 23.1 Å². The highest BCUT2D eigenvalue weighted by atomic mass is 32.2. The molecular formula is C16H19N5O4S2. The fraction of sp³-hybridized carbons (Fsp3) is 0.312. The molecule has 1 aliphatic rings. The number of hydrogen-bond acceptors (Lipinski definition) is 7. The number of sulfonamides is 1. The number of carbonyl (C=O) groups excluding carboxylic acids is 1. The van der Waals surface area contributed by atoms with Crippen LogP contribution in [-0.4, -0.2) is 42.4 Å².